The number of anilines is 2. The molecule has 0 fully saturated rings. The lowest BCUT2D eigenvalue weighted by Gasteiger charge is -2.07. The van der Waals surface area contributed by atoms with E-state index in [-0.39, 0.29) is 5.91 Å². The summed E-state index contributed by atoms with van der Waals surface area (Å²) in [6.45, 7) is 0. The van der Waals surface area contributed by atoms with Crippen LogP contribution in [-0.4, -0.2) is 10.9 Å². The maximum atomic E-state index is 12.1. The standard InChI is InChI=1S/C18H15N3OS/c19-18-21-16(12-23-18)14-8-4-5-9-15(14)20-17(22)11-10-13-6-2-1-3-7-13/h1-12H,(H2,19,21)(H,20,22)/b11-10+. The normalized spacial score (nSPS) is 10.8. The number of amides is 1. The Morgan fingerprint density at radius 1 is 1.09 bits per heavy atom. The number of nitrogens with zero attached hydrogens (tertiary/aromatic N) is 1. The molecule has 0 aliphatic heterocycles. The molecule has 4 nitrogen and oxygen atoms in total. The van der Waals surface area contributed by atoms with E-state index in [1.807, 2.05) is 60.0 Å². The van der Waals surface area contributed by atoms with Gasteiger partial charge in [-0.3, -0.25) is 4.79 Å². The van der Waals surface area contributed by atoms with E-state index >= 15 is 0 Å². The van der Waals surface area contributed by atoms with Crippen molar-refractivity contribution in [3.63, 3.8) is 0 Å². The largest absolute Gasteiger partial charge is 0.375 e. The molecule has 23 heavy (non-hydrogen) atoms. The summed E-state index contributed by atoms with van der Waals surface area (Å²) in [5.74, 6) is -0.190. The fourth-order valence-electron chi connectivity index (χ4n) is 2.14. The minimum Gasteiger partial charge on any atom is -0.375 e. The fourth-order valence-corrected chi connectivity index (χ4v) is 2.70. The number of benzene rings is 2. The lowest BCUT2D eigenvalue weighted by atomic mass is 10.1. The molecule has 0 unspecified atom stereocenters. The number of para-hydroxylation sites is 1. The Balaban J connectivity index is 1.78. The number of nitrogens with two attached hydrogens (primary N) is 1. The van der Waals surface area contributed by atoms with Crippen molar-refractivity contribution in [1.29, 1.82) is 0 Å². The molecule has 0 bridgehead atoms. The number of rotatable bonds is 4. The van der Waals surface area contributed by atoms with Crippen molar-refractivity contribution in [3.8, 4) is 11.3 Å². The fraction of sp³-hybridized carbons (Fsp3) is 0. The third-order valence-corrected chi connectivity index (χ3v) is 3.88. The average molecular weight is 321 g/mol. The second-order valence-electron chi connectivity index (χ2n) is 4.85. The Kier molecular flexibility index (Phi) is 4.49. The molecule has 114 valence electrons. The Hall–Kier alpha value is -2.92. The van der Waals surface area contributed by atoms with Crippen LogP contribution in [0.25, 0.3) is 17.3 Å². The predicted molar refractivity (Wildman–Crippen MR) is 96.1 cm³/mol. The lowest BCUT2D eigenvalue weighted by Crippen LogP contribution is -2.08. The van der Waals surface area contributed by atoms with Crippen LogP contribution in [-0.2, 0) is 4.79 Å². The molecule has 0 spiro atoms. The Bertz CT molecular complexity index is 840. The number of carbonyl (C=O) groups excluding carboxylic acids is 1. The van der Waals surface area contributed by atoms with Crippen molar-refractivity contribution >= 4 is 34.1 Å². The first-order valence-electron chi connectivity index (χ1n) is 7.07. The van der Waals surface area contributed by atoms with E-state index in [0.29, 0.717) is 10.8 Å². The minimum absolute atomic E-state index is 0.190. The zero-order valence-corrected chi connectivity index (χ0v) is 13.1. The van der Waals surface area contributed by atoms with Gasteiger partial charge in [0.1, 0.15) is 0 Å². The van der Waals surface area contributed by atoms with Gasteiger partial charge < -0.3 is 11.1 Å². The summed E-state index contributed by atoms with van der Waals surface area (Å²) < 4.78 is 0. The number of aromatic nitrogens is 1. The second-order valence-corrected chi connectivity index (χ2v) is 5.74. The Labute approximate surface area is 138 Å². The number of thiazole rings is 1. The van der Waals surface area contributed by atoms with E-state index in [9.17, 15) is 4.79 Å². The van der Waals surface area contributed by atoms with E-state index in [1.165, 1.54) is 17.4 Å². The van der Waals surface area contributed by atoms with Crippen LogP contribution in [0, 0.1) is 0 Å². The molecule has 2 aromatic carbocycles. The monoisotopic (exact) mass is 321 g/mol. The first-order chi connectivity index (χ1) is 11.2. The molecular formula is C18H15N3OS. The van der Waals surface area contributed by atoms with Crippen LogP contribution >= 0.6 is 11.3 Å². The summed E-state index contributed by atoms with van der Waals surface area (Å²) in [5.41, 5.74) is 8.98. The van der Waals surface area contributed by atoms with Gasteiger partial charge in [-0.15, -0.1) is 11.3 Å². The van der Waals surface area contributed by atoms with Crippen LogP contribution in [0.5, 0.6) is 0 Å². The summed E-state index contributed by atoms with van der Waals surface area (Å²) in [6.07, 6.45) is 3.29. The highest BCUT2D eigenvalue weighted by molar-refractivity contribution is 7.13. The highest BCUT2D eigenvalue weighted by Gasteiger charge is 2.09. The van der Waals surface area contributed by atoms with Crippen molar-refractivity contribution in [2.45, 2.75) is 0 Å². The molecule has 0 atom stereocenters. The van der Waals surface area contributed by atoms with Gasteiger partial charge in [-0.2, -0.15) is 0 Å². The van der Waals surface area contributed by atoms with E-state index in [0.717, 1.165) is 16.8 Å². The second kappa shape index (κ2) is 6.89. The molecular weight excluding hydrogens is 306 g/mol. The number of nitrogen functional groups attached to an aromatic ring is 1. The van der Waals surface area contributed by atoms with Crippen LogP contribution < -0.4 is 11.1 Å². The highest BCUT2D eigenvalue weighted by Crippen LogP contribution is 2.29. The summed E-state index contributed by atoms with van der Waals surface area (Å²) in [7, 11) is 0. The third kappa shape index (κ3) is 3.84. The van der Waals surface area contributed by atoms with Gasteiger partial charge in [0, 0.05) is 17.0 Å². The van der Waals surface area contributed by atoms with E-state index in [2.05, 4.69) is 10.3 Å². The van der Waals surface area contributed by atoms with Gasteiger partial charge in [-0.1, -0.05) is 48.5 Å². The van der Waals surface area contributed by atoms with Crippen molar-refractivity contribution < 1.29 is 4.79 Å². The minimum atomic E-state index is -0.190. The Morgan fingerprint density at radius 3 is 2.57 bits per heavy atom. The molecule has 3 rings (SSSR count). The summed E-state index contributed by atoms with van der Waals surface area (Å²) in [4.78, 5) is 16.4. The van der Waals surface area contributed by atoms with Crippen molar-refractivity contribution in [1.82, 2.24) is 4.98 Å². The quantitative estimate of drug-likeness (QED) is 0.713. The molecule has 0 saturated heterocycles. The SMILES string of the molecule is Nc1nc(-c2ccccc2NC(=O)/C=C/c2ccccc2)cs1. The number of hydrogen-bond donors (Lipinski definition) is 2. The molecule has 0 radical (unpaired) electrons. The first-order valence-corrected chi connectivity index (χ1v) is 7.95. The van der Waals surface area contributed by atoms with E-state index < -0.39 is 0 Å². The van der Waals surface area contributed by atoms with Gasteiger partial charge in [0.2, 0.25) is 5.91 Å². The molecule has 0 saturated carbocycles. The van der Waals surface area contributed by atoms with Crippen molar-refractivity contribution in [2.75, 3.05) is 11.1 Å². The van der Waals surface area contributed by atoms with Crippen LogP contribution in [0.4, 0.5) is 10.8 Å². The van der Waals surface area contributed by atoms with Gasteiger partial charge in [0.25, 0.3) is 0 Å². The molecule has 0 aliphatic carbocycles. The number of hydrogen-bond acceptors (Lipinski definition) is 4. The summed E-state index contributed by atoms with van der Waals surface area (Å²) >= 11 is 1.37. The van der Waals surface area contributed by atoms with Gasteiger partial charge >= 0.3 is 0 Å². The topological polar surface area (TPSA) is 68.0 Å². The molecule has 0 aliphatic rings. The third-order valence-electron chi connectivity index (χ3n) is 3.21. The zero-order chi connectivity index (χ0) is 16.1. The predicted octanol–water partition coefficient (Wildman–Crippen LogP) is 4.04. The van der Waals surface area contributed by atoms with E-state index in [1.54, 1.807) is 6.08 Å². The molecule has 1 amide bonds. The maximum absolute atomic E-state index is 12.1. The van der Waals surface area contributed by atoms with Crippen LogP contribution in [0.1, 0.15) is 5.56 Å². The van der Waals surface area contributed by atoms with Gasteiger partial charge in [0.15, 0.2) is 5.13 Å². The molecule has 5 heteroatoms. The van der Waals surface area contributed by atoms with Gasteiger partial charge in [-0.05, 0) is 17.7 Å². The Morgan fingerprint density at radius 2 is 1.83 bits per heavy atom. The number of nitrogens with one attached hydrogen (secondary N) is 1. The van der Waals surface area contributed by atoms with Crippen molar-refractivity contribution in [2.24, 2.45) is 0 Å². The van der Waals surface area contributed by atoms with Crippen LogP contribution in [0.2, 0.25) is 0 Å². The average Bonchev–Trinajstić information content (AvgIpc) is 3.01. The zero-order valence-electron chi connectivity index (χ0n) is 12.3. The van der Waals surface area contributed by atoms with Crippen LogP contribution in [0.3, 0.4) is 0 Å². The first kappa shape index (κ1) is 15.0. The molecule has 1 aromatic heterocycles. The molecule has 3 N–H and O–H groups in total. The summed E-state index contributed by atoms with van der Waals surface area (Å²) in [5, 5.41) is 5.27. The van der Waals surface area contributed by atoms with Gasteiger partial charge in [-0.25, -0.2) is 4.98 Å². The smallest absolute Gasteiger partial charge is 0.248 e. The maximum Gasteiger partial charge on any atom is 0.248 e. The molecule has 3 aromatic rings. The van der Waals surface area contributed by atoms with Crippen LogP contribution in [0.15, 0.2) is 66.1 Å². The molecule has 1 heterocycles. The lowest BCUT2D eigenvalue weighted by molar-refractivity contribution is -0.111. The number of carbonyl (C=O) groups is 1. The van der Waals surface area contributed by atoms with Crippen molar-refractivity contribution in [3.05, 3.63) is 71.6 Å². The van der Waals surface area contributed by atoms with Gasteiger partial charge in [0.05, 0.1) is 11.4 Å². The highest BCUT2D eigenvalue weighted by atomic mass is 32.1. The summed E-state index contributed by atoms with van der Waals surface area (Å²) in [6, 6.07) is 17.2. The van der Waals surface area contributed by atoms with E-state index in [4.69, 9.17) is 5.73 Å².